The summed E-state index contributed by atoms with van der Waals surface area (Å²) in [5.41, 5.74) is 2.41. The molecule has 0 saturated heterocycles. The maximum absolute atomic E-state index is 13.3. The smallest absolute Gasteiger partial charge is 0.243 e. The van der Waals surface area contributed by atoms with Crippen LogP contribution in [0.4, 0.5) is 0 Å². The summed E-state index contributed by atoms with van der Waals surface area (Å²) in [7, 11) is 0. The average molecular weight is 449 g/mol. The van der Waals surface area contributed by atoms with Crippen LogP contribution in [0.2, 0.25) is 10.0 Å². The molecule has 0 aliphatic carbocycles. The Morgan fingerprint density at radius 3 is 2.23 bits per heavy atom. The lowest BCUT2D eigenvalue weighted by molar-refractivity contribution is -0.141. The molecule has 6 heteroatoms. The maximum atomic E-state index is 13.3. The van der Waals surface area contributed by atoms with E-state index in [-0.39, 0.29) is 23.8 Å². The Morgan fingerprint density at radius 1 is 1.07 bits per heavy atom. The van der Waals surface area contributed by atoms with E-state index < -0.39 is 6.04 Å². The monoisotopic (exact) mass is 448 g/mol. The first kappa shape index (κ1) is 24.2. The van der Waals surface area contributed by atoms with Gasteiger partial charge in [-0.05, 0) is 57.4 Å². The van der Waals surface area contributed by atoms with Gasteiger partial charge in [0.1, 0.15) is 6.04 Å². The number of carbonyl (C=O) groups excluding carboxylic acids is 2. The number of nitrogens with zero attached hydrogens (tertiary/aromatic N) is 1. The van der Waals surface area contributed by atoms with Gasteiger partial charge in [0.2, 0.25) is 11.8 Å². The van der Waals surface area contributed by atoms with E-state index in [1.54, 1.807) is 23.1 Å². The molecule has 4 nitrogen and oxygen atoms in total. The van der Waals surface area contributed by atoms with E-state index >= 15 is 0 Å². The van der Waals surface area contributed by atoms with Crippen LogP contribution in [0.1, 0.15) is 50.8 Å². The Kier molecular flexibility index (Phi) is 8.34. The third kappa shape index (κ3) is 7.03. The summed E-state index contributed by atoms with van der Waals surface area (Å²) in [6, 6.07) is 12.5. The van der Waals surface area contributed by atoms with E-state index in [2.05, 4.69) is 5.32 Å². The van der Waals surface area contributed by atoms with Gasteiger partial charge >= 0.3 is 0 Å². The number of rotatable bonds is 7. The summed E-state index contributed by atoms with van der Waals surface area (Å²) in [4.78, 5) is 28.0. The molecule has 2 amide bonds. The molecule has 2 rings (SSSR count). The summed E-state index contributed by atoms with van der Waals surface area (Å²) in [6.45, 7) is 10.1. The lowest BCUT2D eigenvalue weighted by atomic mass is 10.0. The Bertz CT molecular complexity index is 889. The zero-order valence-electron chi connectivity index (χ0n) is 18.3. The zero-order valence-corrected chi connectivity index (χ0v) is 19.8. The highest BCUT2D eigenvalue weighted by atomic mass is 35.5. The highest BCUT2D eigenvalue weighted by Gasteiger charge is 2.30. The second-order valence-electron chi connectivity index (χ2n) is 8.58. The Hall–Kier alpha value is -2.04. The van der Waals surface area contributed by atoms with Crippen molar-refractivity contribution in [2.75, 3.05) is 0 Å². The van der Waals surface area contributed by atoms with Crippen LogP contribution in [0.5, 0.6) is 0 Å². The molecule has 0 saturated carbocycles. The molecule has 0 aliphatic heterocycles. The first-order valence-corrected chi connectivity index (χ1v) is 10.9. The number of hydrogen-bond donors (Lipinski definition) is 1. The number of aryl methyl sites for hydroxylation is 1. The topological polar surface area (TPSA) is 49.4 Å². The SMILES string of the molecule is CCC(C(=O)NC(C)(C)C)N(Cc1ccc(C)cc1)C(=O)Cc1ccc(Cl)cc1Cl. The van der Waals surface area contributed by atoms with Crippen LogP contribution >= 0.6 is 23.2 Å². The van der Waals surface area contributed by atoms with Gasteiger partial charge < -0.3 is 10.2 Å². The van der Waals surface area contributed by atoms with E-state index in [0.717, 1.165) is 11.1 Å². The van der Waals surface area contributed by atoms with Crippen molar-refractivity contribution in [2.45, 2.75) is 65.6 Å². The largest absolute Gasteiger partial charge is 0.350 e. The van der Waals surface area contributed by atoms with Crippen molar-refractivity contribution in [2.24, 2.45) is 0 Å². The Balaban J connectivity index is 2.33. The van der Waals surface area contributed by atoms with Crippen LogP contribution < -0.4 is 5.32 Å². The molecule has 0 fully saturated rings. The Morgan fingerprint density at radius 2 is 1.70 bits per heavy atom. The fraction of sp³-hybridized carbons (Fsp3) is 0.417. The summed E-state index contributed by atoms with van der Waals surface area (Å²) in [5, 5.41) is 3.97. The summed E-state index contributed by atoms with van der Waals surface area (Å²) < 4.78 is 0. The predicted octanol–water partition coefficient (Wildman–Crippen LogP) is 5.57. The normalized spacial score (nSPS) is 12.4. The maximum Gasteiger partial charge on any atom is 0.243 e. The molecule has 1 N–H and O–H groups in total. The third-order valence-corrected chi connectivity index (χ3v) is 5.30. The molecule has 0 aromatic heterocycles. The van der Waals surface area contributed by atoms with Crippen LogP contribution in [-0.4, -0.2) is 28.3 Å². The molecule has 1 unspecified atom stereocenters. The van der Waals surface area contributed by atoms with Gasteiger partial charge in [0.05, 0.1) is 6.42 Å². The minimum atomic E-state index is -0.580. The summed E-state index contributed by atoms with van der Waals surface area (Å²) >= 11 is 12.3. The number of carbonyl (C=O) groups is 2. The van der Waals surface area contributed by atoms with Gasteiger partial charge in [-0.2, -0.15) is 0 Å². The van der Waals surface area contributed by atoms with Gasteiger partial charge in [-0.3, -0.25) is 9.59 Å². The third-order valence-electron chi connectivity index (χ3n) is 4.71. The molecule has 1 atom stereocenters. The zero-order chi connectivity index (χ0) is 22.5. The van der Waals surface area contributed by atoms with E-state index in [0.29, 0.717) is 28.6 Å². The quantitative estimate of drug-likeness (QED) is 0.601. The lowest BCUT2D eigenvalue weighted by Gasteiger charge is -2.33. The van der Waals surface area contributed by atoms with Gasteiger partial charge in [0, 0.05) is 22.1 Å². The number of amides is 2. The molecular formula is C24H30Cl2N2O2. The molecule has 2 aromatic carbocycles. The summed E-state index contributed by atoms with van der Waals surface area (Å²) in [6.07, 6.45) is 0.606. The van der Waals surface area contributed by atoms with Crippen molar-refractivity contribution in [3.8, 4) is 0 Å². The molecule has 0 spiro atoms. The predicted molar refractivity (Wildman–Crippen MR) is 124 cm³/mol. The molecule has 2 aromatic rings. The molecule has 30 heavy (non-hydrogen) atoms. The second-order valence-corrected chi connectivity index (χ2v) is 9.43. The van der Waals surface area contributed by atoms with E-state index in [1.807, 2.05) is 58.9 Å². The van der Waals surface area contributed by atoms with E-state index in [1.165, 1.54) is 0 Å². The van der Waals surface area contributed by atoms with E-state index in [9.17, 15) is 9.59 Å². The van der Waals surface area contributed by atoms with Crippen molar-refractivity contribution < 1.29 is 9.59 Å². The fourth-order valence-electron chi connectivity index (χ4n) is 3.19. The minimum Gasteiger partial charge on any atom is -0.350 e. The molecule has 0 radical (unpaired) electrons. The van der Waals surface area contributed by atoms with Crippen molar-refractivity contribution >= 4 is 35.0 Å². The molecule has 0 aliphatic rings. The molecular weight excluding hydrogens is 419 g/mol. The van der Waals surface area contributed by atoms with Crippen molar-refractivity contribution in [3.63, 3.8) is 0 Å². The van der Waals surface area contributed by atoms with Crippen molar-refractivity contribution in [1.29, 1.82) is 0 Å². The number of halogens is 2. The van der Waals surface area contributed by atoms with E-state index in [4.69, 9.17) is 23.2 Å². The first-order chi connectivity index (χ1) is 14.0. The van der Waals surface area contributed by atoms with Gasteiger partial charge in [-0.1, -0.05) is 66.0 Å². The summed E-state index contributed by atoms with van der Waals surface area (Å²) in [5.74, 6) is -0.316. The van der Waals surface area contributed by atoms with Gasteiger partial charge in [-0.25, -0.2) is 0 Å². The van der Waals surface area contributed by atoms with Crippen LogP contribution in [0.15, 0.2) is 42.5 Å². The second kappa shape index (κ2) is 10.3. The average Bonchev–Trinajstić information content (AvgIpc) is 2.64. The molecule has 0 bridgehead atoms. The number of hydrogen-bond acceptors (Lipinski definition) is 2. The highest BCUT2D eigenvalue weighted by Crippen LogP contribution is 2.23. The van der Waals surface area contributed by atoms with Crippen molar-refractivity contribution in [1.82, 2.24) is 10.2 Å². The van der Waals surface area contributed by atoms with Crippen LogP contribution in [-0.2, 0) is 22.6 Å². The number of benzene rings is 2. The van der Waals surface area contributed by atoms with Crippen LogP contribution in [0.3, 0.4) is 0 Å². The first-order valence-electron chi connectivity index (χ1n) is 10.1. The van der Waals surface area contributed by atoms with Gasteiger partial charge in [-0.15, -0.1) is 0 Å². The molecule has 162 valence electrons. The fourth-order valence-corrected chi connectivity index (χ4v) is 3.67. The van der Waals surface area contributed by atoms with Crippen LogP contribution in [0.25, 0.3) is 0 Å². The minimum absolute atomic E-state index is 0.0984. The molecule has 0 heterocycles. The Labute approximate surface area is 189 Å². The van der Waals surface area contributed by atoms with Gasteiger partial charge in [0.25, 0.3) is 0 Å². The van der Waals surface area contributed by atoms with Gasteiger partial charge in [0.15, 0.2) is 0 Å². The standard InChI is InChI=1S/C24H30Cl2N2O2/c1-6-21(23(30)27-24(3,4)5)28(15-17-9-7-16(2)8-10-17)22(29)13-18-11-12-19(25)14-20(18)26/h7-12,14,21H,6,13,15H2,1-5H3,(H,27,30). The lowest BCUT2D eigenvalue weighted by Crippen LogP contribution is -2.53. The number of nitrogens with one attached hydrogen (secondary N) is 1. The van der Waals surface area contributed by atoms with Crippen LogP contribution in [0, 0.1) is 6.92 Å². The van der Waals surface area contributed by atoms with Crippen molar-refractivity contribution in [3.05, 3.63) is 69.2 Å². The highest BCUT2D eigenvalue weighted by molar-refractivity contribution is 6.35.